The van der Waals surface area contributed by atoms with E-state index >= 15 is 0 Å². The highest BCUT2D eigenvalue weighted by atomic mass is 32.2. The number of thioether (sulfide) groups is 1. The van der Waals surface area contributed by atoms with Crippen LogP contribution >= 0.6 is 11.8 Å². The van der Waals surface area contributed by atoms with Gasteiger partial charge in [-0.05, 0) is 26.5 Å². The van der Waals surface area contributed by atoms with Crippen LogP contribution in [0.25, 0.3) is 0 Å². The van der Waals surface area contributed by atoms with Gasteiger partial charge in [0.1, 0.15) is 6.33 Å². The van der Waals surface area contributed by atoms with Gasteiger partial charge in [-0.15, -0.1) is 5.10 Å². The molecule has 1 rings (SSSR count). The Morgan fingerprint density at radius 3 is 2.75 bits per heavy atom. The highest BCUT2D eigenvalue weighted by Crippen LogP contribution is 2.11. The van der Waals surface area contributed by atoms with Crippen molar-refractivity contribution in [2.45, 2.75) is 38.9 Å². The molecule has 0 saturated carbocycles. The van der Waals surface area contributed by atoms with Crippen LogP contribution in [-0.2, 0) is 0 Å². The van der Waals surface area contributed by atoms with Crippen molar-refractivity contribution in [1.82, 2.24) is 19.7 Å². The summed E-state index contributed by atoms with van der Waals surface area (Å²) >= 11 is 1.53. The third-order valence-corrected chi connectivity index (χ3v) is 2.88. The molecule has 1 aromatic rings. The molecular weight excluding hydrogens is 224 g/mol. The molecule has 0 radical (unpaired) electrons. The van der Waals surface area contributed by atoms with E-state index in [1.807, 2.05) is 27.7 Å². The lowest BCUT2D eigenvalue weighted by molar-refractivity contribution is 0.185. The summed E-state index contributed by atoms with van der Waals surface area (Å²) < 4.78 is 1.31. The second kappa shape index (κ2) is 5.89. The number of hydrogen-bond acceptors (Lipinski definition) is 4. The molecule has 0 N–H and O–H groups in total. The van der Waals surface area contributed by atoms with Crippen molar-refractivity contribution < 1.29 is 4.79 Å². The fraction of sp³-hybridized carbons (Fsp3) is 0.700. The van der Waals surface area contributed by atoms with Crippen molar-refractivity contribution in [2.75, 3.05) is 12.3 Å². The van der Waals surface area contributed by atoms with Gasteiger partial charge in [0, 0.05) is 12.6 Å². The Bertz CT molecular complexity index is 350. The van der Waals surface area contributed by atoms with Gasteiger partial charge in [-0.1, -0.05) is 18.7 Å². The zero-order valence-electron chi connectivity index (χ0n) is 10.2. The SMILES string of the molecule is CCSc1ncn(C(=O)N(CC)C(C)C)n1. The molecule has 5 nitrogen and oxygen atoms in total. The molecule has 0 aliphatic rings. The average Bonchev–Trinajstić information content (AvgIpc) is 2.67. The molecule has 0 spiro atoms. The fourth-order valence-electron chi connectivity index (χ4n) is 1.39. The Morgan fingerprint density at radius 2 is 2.25 bits per heavy atom. The van der Waals surface area contributed by atoms with E-state index in [0.717, 1.165) is 5.75 Å². The van der Waals surface area contributed by atoms with Gasteiger partial charge in [-0.2, -0.15) is 4.68 Å². The molecule has 1 heterocycles. The molecule has 0 aromatic carbocycles. The summed E-state index contributed by atoms with van der Waals surface area (Å²) in [5.74, 6) is 0.903. The fourth-order valence-corrected chi connectivity index (χ4v) is 1.91. The summed E-state index contributed by atoms with van der Waals surface area (Å²) in [6.07, 6.45) is 1.48. The molecule has 0 unspecified atom stereocenters. The van der Waals surface area contributed by atoms with Crippen molar-refractivity contribution in [2.24, 2.45) is 0 Å². The molecule has 0 saturated heterocycles. The number of aromatic nitrogens is 3. The minimum Gasteiger partial charge on any atom is -0.321 e. The minimum absolute atomic E-state index is 0.118. The standard InChI is InChI=1S/C10H18N4OS/c1-5-13(8(3)4)10(15)14-7-11-9(12-14)16-6-2/h7-8H,5-6H2,1-4H3. The van der Waals surface area contributed by atoms with Gasteiger partial charge in [0.25, 0.3) is 0 Å². The first kappa shape index (κ1) is 13.0. The Hall–Kier alpha value is -1.04. The van der Waals surface area contributed by atoms with Crippen LogP contribution in [0.3, 0.4) is 0 Å². The van der Waals surface area contributed by atoms with E-state index in [1.165, 1.54) is 22.8 Å². The predicted octanol–water partition coefficient (Wildman–Crippen LogP) is 2.09. The molecule has 0 bridgehead atoms. The van der Waals surface area contributed by atoms with Crippen LogP contribution in [0.2, 0.25) is 0 Å². The Morgan fingerprint density at radius 1 is 1.56 bits per heavy atom. The second-order valence-electron chi connectivity index (χ2n) is 3.57. The monoisotopic (exact) mass is 242 g/mol. The number of carbonyl (C=O) groups is 1. The second-order valence-corrected chi connectivity index (χ2v) is 4.80. The topological polar surface area (TPSA) is 51.0 Å². The van der Waals surface area contributed by atoms with Crippen LogP contribution in [-0.4, -0.2) is 44.0 Å². The summed E-state index contributed by atoms with van der Waals surface area (Å²) in [6, 6.07) is 0.0527. The Labute approximate surface area is 100 Å². The van der Waals surface area contributed by atoms with Gasteiger partial charge in [-0.3, -0.25) is 0 Å². The van der Waals surface area contributed by atoms with E-state index < -0.39 is 0 Å². The maximum atomic E-state index is 12.0. The van der Waals surface area contributed by atoms with Crippen LogP contribution in [0.4, 0.5) is 4.79 Å². The molecule has 1 aromatic heterocycles. The van der Waals surface area contributed by atoms with Crippen molar-refractivity contribution in [3.05, 3.63) is 6.33 Å². The summed E-state index contributed by atoms with van der Waals surface area (Å²) in [7, 11) is 0. The van der Waals surface area contributed by atoms with Crippen LogP contribution in [0.15, 0.2) is 11.5 Å². The summed E-state index contributed by atoms with van der Waals surface area (Å²) in [5.41, 5.74) is 0. The lowest BCUT2D eigenvalue weighted by Crippen LogP contribution is -2.39. The first-order valence-corrected chi connectivity index (χ1v) is 6.44. The summed E-state index contributed by atoms with van der Waals surface area (Å²) in [6.45, 7) is 8.63. The highest BCUT2D eigenvalue weighted by Gasteiger charge is 2.18. The van der Waals surface area contributed by atoms with Gasteiger partial charge in [-0.25, -0.2) is 9.78 Å². The van der Waals surface area contributed by atoms with Crippen molar-refractivity contribution in [1.29, 1.82) is 0 Å². The zero-order valence-corrected chi connectivity index (χ0v) is 11.0. The number of nitrogens with zero attached hydrogens (tertiary/aromatic N) is 4. The molecule has 0 aliphatic heterocycles. The highest BCUT2D eigenvalue weighted by molar-refractivity contribution is 7.99. The van der Waals surface area contributed by atoms with Gasteiger partial charge in [0.15, 0.2) is 0 Å². The molecule has 0 aliphatic carbocycles. The largest absolute Gasteiger partial charge is 0.346 e. The summed E-state index contributed by atoms with van der Waals surface area (Å²) in [4.78, 5) is 17.8. The molecule has 0 fully saturated rings. The smallest absolute Gasteiger partial charge is 0.321 e. The van der Waals surface area contributed by atoms with Crippen LogP contribution in [0, 0.1) is 0 Å². The summed E-state index contributed by atoms with van der Waals surface area (Å²) in [5, 5.41) is 4.78. The Balaban J connectivity index is 2.78. The molecule has 6 heteroatoms. The quantitative estimate of drug-likeness (QED) is 0.759. The zero-order chi connectivity index (χ0) is 12.1. The van der Waals surface area contributed by atoms with E-state index in [9.17, 15) is 4.79 Å². The van der Waals surface area contributed by atoms with Gasteiger partial charge in [0.05, 0.1) is 0 Å². The van der Waals surface area contributed by atoms with Crippen molar-refractivity contribution in [3.63, 3.8) is 0 Å². The van der Waals surface area contributed by atoms with Gasteiger partial charge < -0.3 is 4.90 Å². The van der Waals surface area contributed by atoms with Gasteiger partial charge in [0.2, 0.25) is 5.16 Å². The predicted molar refractivity (Wildman–Crippen MR) is 64.7 cm³/mol. The lowest BCUT2D eigenvalue weighted by Gasteiger charge is -2.24. The molecular formula is C10H18N4OS. The van der Waals surface area contributed by atoms with E-state index in [0.29, 0.717) is 11.7 Å². The Kier molecular flexibility index (Phi) is 4.79. The van der Waals surface area contributed by atoms with Gasteiger partial charge >= 0.3 is 6.03 Å². The van der Waals surface area contributed by atoms with E-state index in [4.69, 9.17) is 0 Å². The molecule has 90 valence electrons. The molecule has 1 amide bonds. The van der Waals surface area contributed by atoms with E-state index in [2.05, 4.69) is 10.1 Å². The third-order valence-electron chi connectivity index (χ3n) is 2.15. The minimum atomic E-state index is -0.118. The number of rotatable bonds is 4. The van der Waals surface area contributed by atoms with E-state index in [-0.39, 0.29) is 12.1 Å². The van der Waals surface area contributed by atoms with Crippen molar-refractivity contribution in [3.8, 4) is 0 Å². The van der Waals surface area contributed by atoms with E-state index in [1.54, 1.807) is 4.90 Å². The van der Waals surface area contributed by atoms with Crippen molar-refractivity contribution >= 4 is 17.8 Å². The maximum absolute atomic E-state index is 12.0. The average molecular weight is 242 g/mol. The van der Waals surface area contributed by atoms with Crippen LogP contribution in [0.1, 0.15) is 27.7 Å². The lowest BCUT2D eigenvalue weighted by atomic mass is 10.3. The first-order chi connectivity index (χ1) is 7.60. The normalized spacial score (nSPS) is 10.8. The molecule has 0 atom stereocenters. The number of hydrogen-bond donors (Lipinski definition) is 0. The third kappa shape index (κ3) is 2.98. The molecule has 16 heavy (non-hydrogen) atoms. The maximum Gasteiger partial charge on any atom is 0.346 e. The number of amides is 1. The van der Waals surface area contributed by atoms with Crippen LogP contribution in [0.5, 0.6) is 0 Å². The first-order valence-electron chi connectivity index (χ1n) is 5.45. The number of carbonyl (C=O) groups excluding carboxylic acids is 1. The van der Waals surface area contributed by atoms with Crippen LogP contribution < -0.4 is 0 Å².